The van der Waals surface area contributed by atoms with Gasteiger partial charge in [-0.25, -0.2) is 4.99 Å². The Morgan fingerprint density at radius 2 is 1.65 bits per heavy atom. The number of rotatable bonds is 2. The number of guanidine groups is 2. The van der Waals surface area contributed by atoms with Crippen LogP contribution in [0.15, 0.2) is 34.3 Å². The molecule has 0 spiro atoms. The van der Waals surface area contributed by atoms with E-state index in [-0.39, 0.29) is 24.9 Å². The molecule has 1 aliphatic heterocycles. The molecule has 4 N–H and O–H groups in total. The van der Waals surface area contributed by atoms with Crippen LogP contribution in [-0.2, 0) is 12.7 Å². The van der Waals surface area contributed by atoms with Crippen molar-refractivity contribution in [3.8, 4) is 0 Å². The molecule has 5 nitrogen and oxygen atoms in total. The van der Waals surface area contributed by atoms with E-state index >= 15 is 0 Å². The summed E-state index contributed by atoms with van der Waals surface area (Å²) >= 11 is 0. The summed E-state index contributed by atoms with van der Waals surface area (Å²) in [6.45, 7) is 1.85. The van der Waals surface area contributed by atoms with Crippen molar-refractivity contribution < 1.29 is 13.2 Å². The van der Waals surface area contributed by atoms with Crippen molar-refractivity contribution >= 4 is 24.3 Å². The molecule has 0 aliphatic carbocycles. The van der Waals surface area contributed by atoms with Gasteiger partial charge in [0, 0.05) is 13.1 Å². The number of hydrogen-bond acceptors (Lipinski definition) is 1. The maximum absolute atomic E-state index is 12.4. The van der Waals surface area contributed by atoms with Crippen LogP contribution >= 0.6 is 12.4 Å². The van der Waals surface area contributed by atoms with Crippen molar-refractivity contribution in [2.75, 3.05) is 13.1 Å². The van der Waals surface area contributed by atoms with Crippen LogP contribution in [0.5, 0.6) is 0 Å². The first-order valence-electron chi connectivity index (χ1n) is 6.91. The van der Waals surface area contributed by atoms with Crippen LogP contribution in [0.2, 0.25) is 0 Å². The molecule has 2 rings (SSSR count). The molecule has 0 bridgehead atoms. The van der Waals surface area contributed by atoms with Gasteiger partial charge in [0.1, 0.15) is 0 Å². The highest BCUT2D eigenvalue weighted by molar-refractivity contribution is 5.93. The van der Waals surface area contributed by atoms with Gasteiger partial charge in [0.15, 0.2) is 5.96 Å². The first-order valence-corrected chi connectivity index (χ1v) is 6.91. The molecule has 0 amide bonds. The highest BCUT2D eigenvalue weighted by Gasteiger charge is 2.29. The third kappa shape index (κ3) is 5.63. The molecule has 1 fully saturated rings. The lowest BCUT2D eigenvalue weighted by molar-refractivity contribution is -0.137. The van der Waals surface area contributed by atoms with E-state index < -0.39 is 11.7 Å². The minimum atomic E-state index is -4.34. The Bertz CT molecular complexity index is 563. The minimum absolute atomic E-state index is 0. The fourth-order valence-electron chi connectivity index (χ4n) is 2.14. The van der Waals surface area contributed by atoms with Crippen LogP contribution in [0.4, 0.5) is 13.2 Å². The van der Waals surface area contributed by atoms with Gasteiger partial charge < -0.3 is 16.4 Å². The van der Waals surface area contributed by atoms with Gasteiger partial charge in [-0.2, -0.15) is 18.2 Å². The molecule has 0 atom stereocenters. The van der Waals surface area contributed by atoms with Gasteiger partial charge in [-0.3, -0.25) is 0 Å². The summed E-state index contributed by atoms with van der Waals surface area (Å²) in [5.74, 6) is 0.343. The van der Waals surface area contributed by atoms with E-state index in [0.717, 1.165) is 38.1 Å². The van der Waals surface area contributed by atoms with Crippen molar-refractivity contribution in [2.24, 2.45) is 21.5 Å². The highest BCUT2D eigenvalue weighted by atomic mass is 35.5. The quantitative estimate of drug-likeness (QED) is 0.635. The van der Waals surface area contributed by atoms with Crippen LogP contribution in [0, 0.1) is 0 Å². The molecule has 9 heteroatoms. The van der Waals surface area contributed by atoms with Crippen LogP contribution in [0.1, 0.15) is 24.0 Å². The van der Waals surface area contributed by atoms with Crippen LogP contribution in [0.25, 0.3) is 0 Å². The molecule has 1 heterocycles. The van der Waals surface area contributed by atoms with E-state index in [4.69, 9.17) is 11.5 Å². The first kappa shape index (κ1) is 19.1. The van der Waals surface area contributed by atoms with Gasteiger partial charge in [0.25, 0.3) is 0 Å². The Labute approximate surface area is 138 Å². The average molecular weight is 350 g/mol. The summed E-state index contributed by atoms with van der Waals surface area (Å²) in [6, 6.07) is 4.77. The smallest absolute Gasteiger partial charge is 0.369 e. The predicted octanol–water partition coefficient (Wildman–Crippen LogP) is 2.35. The number of alkyl halides is 3. The Morgan fingerprint density at radius 3 is 2.17 bits per heavy atom. The molecule has 0 unspecified atom stereocenters. The van der Waals surface area contributed by atoms with Crippen molar-refractivity contribution in [2.45, 2.75) is 25.6 Å². The van der Waals surface area contributed by atoms with E-state index in [9.17, 15) is 13.2 Å². The molecule has 128 valence electrons. The normalized spacial score (nSPS) is 16.4. The summed E-state index contributed by atoms with van der Waals surface area (Å²) < 4.78 is 37.3. The molecule has 23 heavy (non-hydrogen) atoms. The Balaban J connectivity index is 0.00000264. The first-order chi connectivity index (χ1) is 10.4. The summed E-state index contributed by atoms with van der Waals surface area (Å²) in [7, 11) is 0. The summed E-state index contributed by atoms with van der Waals surface area (Å²) in [4.78, 5) is 9.93. The zero-order valence-electron chi connectivity index (χ0n) is 12.4. The number of hydrogen-bond donors (Lipinski definition) is 2. The Kier molecular flexibility index (Phi) is 6.68. The van der Waals surface area contributed by atoms with Crippen LogP contribution in [-0.4, -0.2) is 29.9 Å². The van der Waals surface area contributed by atoms with Gasteiger partial charge >= 0.3 is 6.18 Å². The molecule has 0 radical (unpaired) electrons. The molecule has 0 aromatic heterocycles. The number of nitrogens with two attached hydrogens (primary N) is 2. The Hall–Kier alpha value is -1.96. The number of aliphatic imine (C=N–C) groups is 2. The van der Waals surface area contributed by atoms with Crippen molar-refractivity contribution in [3.05, 3.63) is 35.4 Å². The fraction of sp³-hybridized carbons (Fsp3) is 0.429. The SMILES string of the molecule is Cl.NC(=NCc1ccc(C(F)(F)F)cc1)N=C(N)N1CCCC1. The molecule has 0 saturated carbocycles. The number of likely N-dealkylation sites (tertiary alicyclic amines) is 1. The Morgan fingerprint density at radius 1 is 1.09 bits per heavy atom. The molecule has 1 aliphatic rings. The number of nitrogens with zero attached hydrogens (tertiary/aromatic N) is 3. The topological polar surface area (TPSA) is 80.0 Å². The van der Waals surface area contributed by atoms with Gasteiger partial charge in [-0.15, -0.1) is 12.4 Å². The average Bonchev–Trinajstić information content (AvgIpc) is 2.99. The lowest BCUT2D eigenvalue weighted by atomic mass is 10.1. The standard InChI is InChI=1S/C14H18F3N5.ClH/c15-14(16,17)11-5-3-10(4-6-11)9-20-12(18)21-13(19)22-7-1-2-8-22;/h3-6H,1-2,7-9H2,(H4,18,19,20,21);1H. The van der Waals surface area contributed by atoms with E-state index in [0.29, 0.717) is 11.5 Å². The van der Waals surface area contributed by atoms with Gasteiger partial charge in [-0.1, -0.05) is 12.1 Å². The fourth-order valence-corrected chi connectivity index (χ4v) is 2.14. The summed E-state index contributed by atoms with van der Waals surface area (Å²) in [5.41, 5.74) is 11.4. The van der Waals surface area contributed by atoms with Gasteiger partial charge in [0.2, 0.25) is 5.96 Å². The lowest BCUT2D eigenvalue weighted by Gasteiger charge is -2.15. The largest absolute Gasteiger partial charge is 0.416 e. The van der Waals surface area contributed by atoms with Crippen LogP contribution in [0.3, 0.4) is 0 Å². The summed E-state index contributed by atoms with van der Waals surface area (Å²) in [6.07, 6.45) is -2.20. The second kappa shape index (κ2) is 8.05. The predicted molar refractivity (Wildman–Crippen MR) is 86.4 cm³/mol. The minimum Gasteiger partial charge on any atom is -0.369 e. The molecule has 1 saturated heterocycles. The maximum atomic E-state index is 12.4. The lowest BCUT2D eigenvalue weighted by Crippen LogP contribution is -2.36. The van der Waals surface area contributed by atoms with Crippen molar-refractivity contribution in [1.82, 2.24) is 4.90 Å². The second-order valence-corrected chi connectivity index (χ2v) is 5.03. The molecular weight excluding hydrogens is 331 g/mol. The van der Waals surface area contributed by atoms with Crippen molar-refractivity contribution in [1.29, 1.82) is 0 Å². The van der Waals surface area contributed by atoms with Gasteiger partial charge in [-0.05, 0) is 30.5 Å². The molecular formula is C14H19ClF3N5. The van der Waals surface area contributed by atoms with E-state index in [1.165, 1.54) is 12.1 Å². The molecule has 1 aromatic carbocycles. The number of halogens is 4. The monoisotopic (exact) mass is 349 g/mol. The highest BCUT2D eigenvalue weighted by Crippen LogP contribution is 2.29. The third-order valence-electron chi connectivity index (χ3n) is 3.36. The van der Waals surface area contributed by atoms with E-state index in [1.54, 1.807) is 0 Å². The summed E-state index contributed by atoms with van der Waals surface area (Å²) in [5, 5.41) is 0. The van der Waals surface area contributed by atoms with E-state index in [1.807, 2.05) is 4.90 Å². The van der Waals surface area contributed by atoms with Crippen LogP contribution < -0.4 is 11.5 Å². The maximum Gasteiger partial charge on any atom is 0.416 e. The third-order valence-corrected chi connectivity index (χ3v) is 3.36. The van der Waals surface area contributed by atoms with E-state index in [2.05, 4.69) is 9.98 Å². The molecule has 1 aromatic rings. The zero-order valence-corrected chi connectivity index (χ0v) is 13.2. The number of benzene rings is 1. The second-order valence-electron chi connectivity index (χ2n) is 5.03. The zero-order chi connectivity index (χ0) is 16.2. The van der Waals surface area contributed by atoms with Crippen molar-refractivity contribution in [3.63, 3.8) is 0 Å². The van der Waals surface area contributed by atoms with Gasteiger partial charge in [0.05, 0.1) is 12.1 Å².